The fourth-order valence-corrected chi connectivity index (χ4v) is 3.68. The van der Waals surface area contributed by atoms with Gasteiger partial charge < -0.3 is 15.2 Å². The second-order valence-electron chi connectivity index (χ2n) is 6.95. The Balaban J connectivity index is 1.64. The third-order valence-corrected chi connectivity index (χ3v) is 5.07. The van der Waals surface area contributed by atoms with Crippen LogP contribution in [-0.2, 0) is 0 Å². The molecule has 1 aliphatic heterocycles. The summed E-state index contributed by atoms with van der Waals surface area (Å²) in [6.07, 6.45) is 3.38. The number of rotatable bonds is 2. The molecule has 3 aromatic heterocycles. The van der Waals surface area contributed by atoms with E-state index in [1.54, 1.807) is 29.4 Å². The van der Waals surface area contributed by atoms with Gasteiger partial charge in [-0.2, -0.15) is 5.10 Å². The molecule has 27 heavy (non-hydrogen) atoms. The minimum Gasteiger partial charge on any atom is -0.334 e. The maximum atomic E-state index is 13.7. The van der Waals surface area contributed by atoms with Crippen molar-refractivity contribution in [3.05, 3.63) is 53.7 Å². The van der Waals surface area contributed by atoms with E-state index in [-0.39, 0.29) is 17.8 Å². The summed E-state index contributed by atoms with van der Waals surface area (Å²) in [5, 5.41) is 7.77. The predicted molar refractivity (Wildman–Crippen MR) is 99.3 cm³/mol. The SMILES string of the molecule is Cc1cc(C(=O)N2CC(N)C2)ncc1-n1c2ccc(F)cc2c2[nH]ncc21. The summed E-state index contributed by atoms with van der Waals surface area (Å²) in [5.74, 6) is -0.418. The molecule has 1 amide bonds. The van der Waals surface area contributed by atoms with Crippen LogP contribution in [0.15, 0.2) is 36.7 Å². The van der Waals surface area contributed by atoms with Crippen LogP contribution < -0.4 is 5.73 Å². The van der Waals surface area contributed by atoms with Crippen molar-refractivity contribution >= 4 is 27.8 Å². The van der Waals surface area contributed by atoms with Crippen LogP contribution in [0.3, 0.4) is 0 Å². The summed E-state index contributed by atoms with van der Waals surface area (Å²) >= 11 is 0. The number of benzene rings is 1. The molecule has 0 saturated carbocycles. The van der Waals surface area contributed by atoms with Crippen LogP contribution in [0.1, 0.15) is 16.1 Å². The first-order valence-electron chi connectivity index (χ1n) is 8.68. The van der Waals surface area contributed by atoms with E-state index in [4.69, 9.17) is 5.73 Å². The summed E-state index contributed by atoms with van der Waals surface area (Å²) in [7, 11) is 0. The topological polar surface area (TPSA) is 92.8 Å². The van der Waals surface area contributed by atoms with Gasteiger partial charge >= 0.3 is 0 Å². The number of aromatic nitrogens is 4. The highest BCUT2D eigenvalue weighted by atomic mass is 19.1. The zero-order valence-corrected chi connectivity index (χ0v) is 14.6. The molecule has 1 aromatic carbocycles. The minimum atomic E-state index is -0.306. The van der Waals surface area contributed by atoms with Crippen molar-refractivity contribution in [2.24, 2.45) is 5.73 Å². The summed E-state index contributed by atoms with van der Waals surface area (Å²) in [6, 6.07) is 6.48. The number of likely N-dealkylation sites (tertiary alicyclic amines) is 1. The summed E-state index contributed by atoms with van der Waals surface area (Å²) in [5.41, 5.74) is 10.3. The standard InChI is InChI=1S/C19H17FN6O/c1-10-4-14(19(27)25-8-12(21)9-25)22-6-16(10)26-15-3-2-11(20)5-13(15)18-17(26)7-23-24-18/h2-7,12H,8-9,21H2,1H3,(H,23,24). The third kappa shape index (κ3) is 2.33. The zero-order chi connectivity index (χ0) is 18.7. The highest BCUT2D eigenvalue weighted by molar-refractivity contribution is 6.07. The fourth-order valence-electron chi connectivity index (χ4n) is 3.68. The number of carbonyl (C=O) groups excluding carboxylic acids is 1. The van der Waals surface area contributed by atoms with Gasteiger partial charge in [0.1, 0.15) is 11.5 Å². The van der Waals surface area contributed by atoms with Crippen molar-refractivity contribution in [3.8, 4) is 5.69 Å². The Morgan fingerprint density at radius 1 is 1.26 bits per heavy atom. The molecule has 0 aliphatic carbocycles. The molecule has 4 aromatic rings. The minimum absolute atomic E-state index is 0.0512. The predicted octanol–water partition coefficient (Wildman–Crippen LogP) is 2.13. The van der Waals surface area contributed by atoms with E-state index in [2.05, 4.69) is 15.2 Å². The molecule has 8 heteroatoms. The molecule has 7 nitrogen and oxygen atoms in total. The second-order valence-corrected chi connectivity index (χ2v) is 6.95. The highest BCUT2D eigenvalue weighted by Crippen LogP contribution is 2.32. The van der Waals surface area contributed by atoms with Crippen LogP contribution in [-0.4, -0.2) is 49.7 Å². The van der Waals surface area contributed by atoms with Crippen molar-refractivity contribution in [1.82, 2.24) is 24.6 Å². The van der Waals surface area contributed by atoms with Gasteiger partial charge in [-0.3, -0.25) is 9.89 Å². The zero-order valence-electron chi connectivity index (χ0n) is 14.6. The molecule has 4 heterocycles. The van der Waals surface area contributed by atoms with Gasteiger partial charge in [0.25, 0.3) is 5.91 Å². The lowest BCUT2D eigenvalue weighted by molar-refractivity contribution is 0.0602. The van der Waals surface area contributed by atoms with Gasteiger partial charge in [0.15, 0.2) is 0 Å². The summed E-state index contributed by atoms with van der Waals surface area (Å²) in [4.78, 5) is 18.6. The number of nitrogens with one attached hydrogen (secondary N) is 1. The number of fused-ring (bicyclic) bond motifs is 3. The largest absolute Gasteiger partial charge is 0.334 e. The van der Waals surface area contributed by atoms with Gasteiger partial charge in [0.2, 0.25) is 0 Å². The number of aromatic amines is 1. The second kappa shape index (κ2) is 5.62. The number of nitrogens with zero attached hydrogens (tertiary/aromatic N) is 4. The van der Waals surface area contributed by atoms with Crippen molar-refractivity contribution in [2.75, 3.05) is 13.1 Å². The Labute approximate surface area is 153 Å². The van der Waals surface area contributed by atoms with E-state index in [9.17, 15) is 9.18 Å². The van der Waals surface area contributed by atoms with Crippen molar-refractivity contribution in [1.29, 1.82) is 0 Å². The van der Waals surface area contributed by atoms with Gasteiger partial charge in [0.05, 0.1) is 34.6 Å². The van der Waals surface area contributed by atoms with E-state index in [1.165, 1.54) is 12.1 Å². The number of hydrogen-bond donors (Lipinski definition) is 2. The molecule has 5 rings (SSSR count). The molecule has 0 atom stereocenters. The Bertz CT molecular complexity index is 1200. The number of aryl methyl sites for hydroxylation is 1. The molecule has 1 saturated heterocycles. The van der Waals surface area contributed by atoms with Crippen molar-refractivity contribution < 1.29 is 9.18 Å². The number of hydrogen-bond acceptors (Lipinski definition) is 4. The Morgan fingerprint density at radius 3 is 2.81 bits per heavy atom. The smallest absolute Gasteiger partial charge is 0.272 e. The molecular weight excluding hydrogens is 347 g/mol. The Morgan fingerprint density at radius 2 is 2.07 bits per heavy atom. The highest BCUT2D eigenvalue weighted by Gasteiger charge is 2.29. The first-order valence-corrected chi connectivity index (χ1v) is 8.68. The lowest BCUT2D eigenvalue weighted by Gasteiger charge is -2.36. The van der Waals surface area contributed by atoms with Crippen LogP contribution in [0.5, 0.6) is 0 Å². The van der Waals surface area contributed by atoms with Crippen LogP contribution in [0.2, 0.25) is 0 Å². The van der Waals surface area contributed by atoms with Gasteiger partial charge in [-0.25, -0.2) is 9.37 Å². The van der Waals surface area contributed by atoms with Gasteiger partial charge in [0, 0.05) is 24.5 Å². The lowest BCUT2D eigenvalue weighted by Crippen LogP contribution is -2.57. The number of nitrogens with two attached hydrogens (primary N) is 1. The molecule has 1 fully saturated rings. The fraction of sp³-hybridized carbons (Fsp3) is 0.211. The number of amides is 1. The first kappa shape index (κ1) is 16.0. The molecule has 1 aliphatic rings. The molecule has 0 spiro atoms. The van der Waals surface area contributed by atoms with Crippen LogP contribution in [0.25, 0.3) is 27.6 Å². The van der Waals surface area contributed by atoms with Crippen LogP contribution >= 0.6 is 0 Å². The monoisotopic (exact) mass is 364 g/mol. The maximum absolute atomic E-state index is 13.7. The molecule has 3 N–H and O–H groups in total. The van der Waals surface area contributed by atoms with Gasteiger partial charge in [-0.1, -0.05) is 0 Å². The normalized spacial score (nSPS) is 14.9. The van der Waals surface area contributed by atoms with E-state index in [1.807, 2.05) is 11.5 Å². The summed E-state index contributed by atoms with van der Waals surface area (Å²) in [6.45, 7) is 3.05. The van der Waals surface area contributed by atoms with E-state index in [0.717, 1.165) is 33.2 Å². The van der Waals surface area contributed by atoms with Gasteiger partial charge in [-0.15, -0.1) is 0 Å². The average Bonchev–Trinajstić information content (AvgIpc) is 3.20. The Kier molecular flexibility index (Phi) is 3.32. The van der Waals surface area contributed by atoms with E-state index < -0.39 is 0 Å². The van der Waals surface area contributed by atoms with Gasteiger partial charge in [-0.05, 0) is 36.8 Å². The third-order valence-electron chi connectivity index (χ3n) is 5.07. The lowest BCUT2D eigenvalue weighted by atomic mass is 10.1. The molecule has 0 bridgehead atoms. The van der Waals surface area contributed by atoms with Crippen molar-refractivity contribution in [3.63, 3.8) is 0 Å². The van der Waals surface area contributed by atoms with E-state index in [0.29, 0.717) is 18.8 Å². The van der Waals surface area contributed by atoms with Crippen LogP contribution in [0.4, 0.5) is 4.39 Å². The quantitative estimate of drug-likeness (QED) is 0.570. The number of H-pyrrole nitrogens is 1. The maximum Gasteiger partial charge on any atom is 0.272 e. The van der Waals surface area contributed by atoms with Crippen LogP contribution in [0, 0.1) is 12.7 Å². The summed E-state index contributed by atoms with van der Waals surface area (Å²) < 4.78 is 15.7. The molecule has 0 radical (unpaired) electrons. The van der Waals surface area contributed by atoms with Crippen molar-refractivity contribution in [2.45, 2.75) is 13.0 Å². The molecule has 0 unspecified atom stereocenters. The first-order chi connectivity index (χ1) is 13.0. The number of halogens is 1. The molecule has 136 valence electrons. The average molecular weight is 364 g/mol. The number of pyridine rings is 1. The molecular formula is C19H17FN6O. The number of carbonyl (C=O) groups is 1. The Hall–Kier alpha value is -3.26. The van der Waals surface area contributed by atoms with E-state index >= 15 is 0 Å².